The van der Waals surface area contributed by atoms with Gasteiger partial charge < -0.3 is 4.90 Å². The highest BCUT2D eigenvalue weighted by molar-refractivity contribution is 7.09. The molecule has 3 amide bonds. The van der Waals surface area contributed by atoms with Crippen LogP contribution in [0, 0.1) is 0 Å². The van der Waals surface area contributed by atoms with E-state index < -0.39 is 0 Å². The number of hydrogen-bond acceptors (Lipinski definition) is 5. The topological polar surface area (TPSA) is 78.4 Å². The van der Waals surface area contributed by atoms with E-state index in [1.807, 2.05) is 20.8 Å². The van der Waals surface area contributed by atoms with Crippen LogP contribution in [0.1, 0.15) is 39.4 Å². The van der Waals surface area contributed by atoms with Gasteiger partial charge in [-0.2, -0.15) is 4.37 Å². The maximum Gasteiger partial charge on any atom is 0.325 e. The third-order valence-corrected chi connectivity index (χ3v) is 4.19. The Morgan fingerprint density at radius 2 is 2.10 bits per heavy atom. The minimum Gasteiger partial charge on any atom is -0.320 e. The summed E-state index contributed by atoms with van der Waals surface area (Å²) in [5.74, 6) is 0.736. The maximum absolute atomic E-state index is 12.2. The molecule has 2 aliphatic rings. The molecule has 0 unspecified atom stereocenters. The Morgan fingerprint density at radius 1 is 1.38 bits per heavy atom. The Labute approximate surface area is 127 Å². The van der Waals surface area contributed by atoms with E-state index >= 15 is 0 Å². The molecule has 1 aromatic heterocycles. The maximum atomic E-state index is 12.2. The molecule has 1 N–H and O–H groups in total. The number of urea groups is 1. The summed E-state index contributed by atoms with van der Waals surface area (Å²) < 4.78 is 4.26. The van der Waals surface area contributed by atoms with Crippen LogP contribution in [0.5, 0.6) is 0 Å². The molecular formula is C13H19N5O2S. The van der Waals surface area contributed by atoms with E-state index in [0.717, 1.165) is 12.8 Å². The van der Waals surface area contributed by atoms with Gasteiger partial charge in [-0.1, -0.05) is 20.8 Å². The predicted octanol–water partition coefficient (Wildman–Crippen LogP) is 1.63. The summed E-state index contributed by atoms with van der Waals surface area (Å²) in [5.41, 5.74) is -0.147. The van der Waals surface area contributed by atoms with Gasteiger partial charge in [0.15, 0.2) is 0 Å². The second kappa shape index (κ2) is 4.94. The Kier molecular flexibility index (Phi) is 3.35. The second-order valence-corrected chi connectivity index (χ2v) is 7.29. The minimum atomic E-state index is -0.289. The molecule has 21 heavy (non-hydrogen) atoms. The van der Waals surface area contributed by atoms with Crippen molar-refractivity contribution in [3.05, 3.63) is 5.82 Å². The first kappa shape index (κ1) is 14.2. The largest absolute Gasteiger partial charge is 0.325 e. The Bertz CT molecular complexity index is 575. The lowest BCUT2D eigenvalue weighted by Gasteiger charge is -2.17. The van der Waals surface area contributed by atoms with E-state index in [9.17, 15) is 9.59 Å². The van der Waals surface area contributed by atoms with Gasteiger partial charge in [0.1, 0.15) is 12.4 Å². The van der Waals surface area contributed by atoms with Gasteiger partial charge in [-0.15, -0.1) is 0 Å². The molecule has 0 atom stereocenters. The number of amides is 3. The van der Waals surface area contributed by atoms with Crippen molar-refractivity contribution in [3.63, 3.8) is 0 Å². The van der Waals surface area contributed by atoms with Gasteiger partial charge in [0.25, 0.3) is 0 Å². The highest BCUT2D eigenvalue weighted by Crippen LogP contribution is 2.29. The van der Waals surface area contributed by atoms with Crippen molar-refractivity contribution < 1.29 is 9.59 Å². The molecule has 1 aliphatic heterocycles. The van der Waals surface area contributed by atoms with Crippen LogP contribution in [0.3, 0.4) is 0 Å². The smallest absolute Gasteiger partial charge is 0.320 e. The van der Waals surface area contributed by atoms with Gasteiger partial charge >= 0.3 is 6.03 Å². The zero-order valence-electron chi connectivity index (χ0n) is 12.4. The van der Waals surface area contributed by atoms with Crippen LogP contribution in [0.15, 0.2) is 0 Å². The SMILES string of the molecule is CC(C)(C)c1nsc(NC(=O)N2CC(=O)N(C3CC3)C2)n1. The number of anilines is 1. The van der Waals surface area contributed by atoms with E-state index in [4.69, 9.17) is 0 Å². The van der Waals surface area contributed by atoms with Crippen LogP contribution in [-0.2, 0) is 10.2 Å². The molecule has 8 heteroatoms. The van der Waals surface area contributed by atoms with Crippen LogP contribution in [0.4, 0.5) is 9.93 Å². The fourth-order valence-corrected chi connectivity index (χ4v) is 2.91. The summed E-state index contributed by atoms with van der Waals surface area (Å²) in [6, 6.07) is 0.0485. The molecule has 1 saturated carbocycles. The standard InChI is InChI=1S/C13H19N5O2S/c1-13(2,3)10-14-11(21-16-10)15-12(20)17-6-9(19)18(7-17)8-4-5-8/h8H,4-7H2,1-3H3,(H,14,15,16,20). The zero-order chi connectivity index (χ0) is 15.2. The predicted molar refractivity (Wildman–Crippen MR) is 79.1 cm³/mol. The van der Waals surface area contributed by atoms with Gasteiger partial charge in [0, 0.05) is 23.0 Å². The first-order chi connectivity index (χ1) is 9.84. The molecule has 0 aromatic carbocycles. The van der Waals surface area contributed by atoms with Crippen LogP contribution in [0.2, 0.25) is 0 Å². The molecular weight excluding hydrogens is 290 g/mol. The van der Waals surface area contributed by atoms with Crippen LogP contribution in [-0.4, -0.2) is 50.4 Å². The molecule has 2 heterocycles. The van der Waals surface area contributed by atoms with Gasteiger partial charge in [-0.05, 0) is 12.8 Å². The second-order valence-electron chi connectivity index (χ2n) is 6.54. The quantitative estimate of drug-likeness (QED) is 0.900. The first-order valence-corrected chi connectivity index (χ1v) is 7.81. The molecule has 0 radical (unpaired) electrons. The minimum absolute atomic E-state index is 0.0281. The van der Waals surface area contributed by atoms with Gasteiger partial charge in [-0.25, -0.2) is 9.78 Å². The molecule has 0 bridgehead atoms. The molecule has 1 aliphatic carbocycles. The fraction of sp³-hybridized carbons (Fsp3) is 0.692. The van der Waals surface area contributed by atoms with E-state index in [1.165, 1.54) is 16.4 Å². The lowest BCUT2D eigenvalue weighted by atomic mass is 9.96. The Balaban J connectivity index is 1.61. The van der Waals surface area contributed by atoms with Crippen molar-refractivity contribution in [2.45, 2.75) is 45.1 Å². The monoisotopic (exact) mass is 309 g/mol. The highest BCUT2D eigenvalue weighted by atomic mass is 32.1. The average Bonchev–Trinajstić information content (AvgIpc) is 2.98. The van der Waals surface area contributed by atoms with E-state index in [0.29, 0.717) is 23.7 Å². The lowest BCUT2D eigenvalue weighted by Crippen LogP contribution is -2.35. The average molecular weight is 309 g/mol. The number of aromatic nitrogens is 2. The Hall–Kier alpha value is -1.70. The number of carbonyl (C=O) groups is 2. The number of carbonyl (C=O) groups excluding carboxylic acids is 2. The van der Waals surface area contributed by atoms with Crippen molar-refractivity contribution in [2.75, 3.05) is 18.5 Å². The van der Waals surface area contributed by atoms with Gasteiger partial charge in [-0.3, -0.25) is 15.0 Å². The zero-order valence-corrected chi connectivity index (χ0v) is 13.2. The number of rotatable bonds is 2. The summed E-state index contributed by atoms with van der Waals surface area (Å²) >= 11 is 1.17. The molecule has 2 fully saturated rings. The number of nitrogens with one attached hydrogen (secondary N) is 1. The van der Waals surface area contributed by atoms with Crippen molar-refractivity contribution in [1.29, 1.82) is 0 Å². The summed E-state index contributed by atoms with van der Waals surface area (Å²) in [7, 11) is 0. The molecule has 114 valence electrons. The highest BCUT2D eigenvalue weighted by Gasteiger charge is 2.40. The van der Waals surface area contributed by atoms with E-state index in [1.54, 1.807) is 4.90 Å². The van der Waals surface area contributed by atoms with Crippen LogP contribution < -0.4 is 5.32 Å². The summed E-state index contributed by atoms with van der Waals surface area (Å²) in [6.45, 7) is 6.58. The van der Waals surface area contributed by atoms with Crippen molar-refractivity contribution in [3.8, 4) is 0 Å². The van der Waals surface area contributed by atoms with Gasteiger partial charge in [0.2, 0.25) is 11.0 Å². The molecule has 0 spiro atoms. The van der Waals surface area contributed by atoms with Crippen molar-refractivity contribution >= 4 is 28.6 Å². The molecule has 1 saturated heterocycles. The first-order valence-electron chi connectivity index (χ1n) is 7.04. The molecule has 3 rings (SSSR count). The number of nitrogens with zero attached hydrogens (tertiary/aromatic N) is 4. The van der Waals surface area contributed by atoms with Crippen molar-refractivity contribution in [2.24, 2.45) is 0 Å². The van der Waals surface area contributed by atoms with Gasteiger partial charge in [0.05, 0.1) is 6.67 Å². The summed E-state index contributed by atoms with van der Waals surface area (Å²) in [5, 5.41) is 3.20. The number of hydrogen-bond donors (Lipinski definition) is 1. The fourth-order valence-electron chi connectivity index (χ4n) is 2.16. The third kappa shape index (κ3) is 2.99. The van der Waals surface area contributed by atoms with E-state index in [2.05, 4.69) is 14.7 Å². The van der Waals surface area contributed by atoms with Crippen LogP contribution in [0.25, 0.3) is 0 Å². The van der Waals surface area contributed by atoms with E-state index in [-0.39, 0.29) is 23.9 Å². The summed E-state index contributed by atoms with van der Waals surface area (Å²) in [6.07, 6.45) is 2.10. The van der Waals surface area contributed by atoms with Crippen LogP contribution >= 0.6 is 11.5 Å². The van der Waals surface area contributed by atoms with Crippen molar-refractivity contribution in [1.82, 2.24) is 19.2 Å². The normalized spacial score (nSPS) is 19.3. The Morgan fingerprint density at radius 3 is 2.67 bits per heavy atom. The summed E-state index contributed by atoms with van der Waals surface area (Å²) in [4.78, 5) is 31.6. The molecule has 7 nitrogen and oxygen atoms in total. The molecule has 1 aromatic rings. The lowest BCUT2D eigenvalue weighted by molar-refractivity contribution is -0.127. The third-order valence-electron chi connectivity index (χ3n) is 3.56.